The molecule has 136 valence electrons. The lowest BCUT2D eigenvalue weighted by Crippen LogP contribution is -2.26. The summed E-state index contributed by atoms with van der Waals surface area (Å²) in [6.45, 7) is 0.617. The van der Waals surface area contributed by atoms with Gasteiger partial charge in [0.25, 0.3) is 0 Å². The molecule has 0 radical (unpaired) electrons. The monoisotopic (exact) mass is 408 g/mol. The molecule has 0 bridgehead atoms. The molecule has 3 rings (SSSR count). The lowest BCUT2D eigenvalue weighted by Gasteiger charge is -2.06. The van der Waals surface area contributed by atoms with Gasteiger partial charge >= 0.3 is 0 Å². The van der Waals surface area contributed by atoms with Crippen LogP contribution in [-0.2, 0) is 17.0 Å². The summed E-state index contributed by atoms with van der Waals surface area (Å²) in [5.41, 5.74) is 2.64. The molecule has 0 aliphatic rings. The molecule has 0 saturated carbocycles. The summed E-state index contributed by atoms with van der Waals surface area (Å²) in [5, 5.41) is 4.17. The summed E-state index contributed by atoms with van der Waals surface area (Å²) in [4.78, 5) is 23.8. The van der Waals surface area contributed by atoms with E-state index < -0.39 is 0 Å². The molecule has 0 aliphatic heterocycles. The molecular weight excluding hydrogens is 391 g/mol. The largest absolute Gasteiger partial charge is 0.355 e. The third-order valence-corrected chi connectivity index (χ3v) is 5.29. The van der Waals surface area contributed by atoms with Gasteiger partial charge in [-0.25, -0.2) is 9.97 Å². The zero-order valence-electron chi connectivity index (χ0n) is 14.0. The summed E-state index contributed by atoms with van der Waals surface area (Å²) in [5.74, 6) is 1.98. The number of rotatable bonds is 8. The van der Waals surface area contributed by atoms with E-state index in [9.17, 15) is 4.79 Å². The van der Waals surface area contributed by atoms with Crippen LogP contribution in [0.5, 0.6) is 0 Å². The third-order valence-electron chi connectivity index (χ3n) is 3.72. The van der Waals surface area contributed by atoms with E-state index in [1.807, 2.05) is 18.2 Å². The Bertz CT molecular complexity index is 867. The Balaban J connectivity index is 1.34. The topological polar surface area (TPSA) is 70.7 Å². The highest BCUT2D eigenvalue weighted by Crippen LogP contribution is 2.24. The molecule has 1 aromatic carbocycles. The SMILES string of the molecule is O=C(CSCc1ccc(Cl)cc1Cl)NCCCc1nc2ncccc2[nH]1. The number of imidazole rings is 1. The van der Waals surface area contributed by atoms with Crippen LogP contribution in [0.1, 0.15) is 17.8 Å². The van der Waals surface area contributed by atoms with Crippen molar-refractivity contribution in [2.24, 2.45) is 0 Å². The number of hydrogen-bond donors (Lipinski definition) is 2. The predicted octanol–water partition coefficient (Wildman–Crippen LogP) is 4.25. The Hall–Kier alpha value is -1.76. The van der Waals surface area contributed by atoms with Crippen molar-refractivity contribution in [2.75, 3.05) is 12.3 Å². The molecule has 2 heterocycles. The number of aromatic nitrogens is 3. The number of nitrogens with zero attached hydrogens (tertiary/aromatic N) is 2. The van der Waals surface area contributed by atoms with E-state index in [4.69, 9.17) is 23.2 Å². The maximum Gasteiger partial charge on any atom is 0.230 e. The second-order valence-electron chi connectivity index (χ2n) is 5.74. The van der Waals surface area contributed by atoms with E-state index in [0.29, 0.717) is 28.1 Å². The highest BCUT2D eigenvalue weighted by atomic mass is 35.5. The first-order chi connectivity index (χ1) is 12.6. The molecule has 8 heteroatoms. The van der Waals surface area contributed by atoms with Gasteiger partial charge in [0.05, 0.1) is 11.3 Å². The highest BCUT2D eigenvalue weighted by molar-refractivity contribution is 7.99. The number of fused-ring (bicyclic) bond motifs is 1. The second kappa shape index (κ2) is 9.26. The molecule has 1 amide bonds. The minimum absolute atomic E-state index is 0.0198. The Kier molecular flexibility index (Phi) is 6.77. The van der Waals surface area contributed by atoms with E-state index in [0.717, 1.165) is 35.4 Å². The van der Waals surface area contributed by atoms with Crippen LogP contribution in [0.3, 0.4) is 0 Å². The third kappa shape index (κ3) is 5.37. The van der Waals surface area contributed by atoms with E-state index in [-0.39, 0.29) is 5.91 Å². The maximum absolute atomic E-state index is 11.9. The van der Waals surface area contributed by atoms with Gasteiger partial charge in [-0.1, -0.05) is 29.3 Å². The van der Waals surface area contributed by atoms with E-state index >= 15 is 0 Å². The van der Waals surface area contributed by atoms with Gasteiger partial charge in [0, 0.05) is 35.0 Å². The van der Waals surface area contributed by atoms with Gasteiger partial charge in [0.15, 0.2) is 5.65 Å². The Morgan fingerprint density at radius 2 is 2.15 bits per heavy atom. The molecule has 0 unspecified atom stereocenters. The quantitative estimate of drug-likeness (QED) is 0.546. The minimum atomic E-state index is 0.0198. The number of carbonyl (C=O) groups is 1. The summed E-state index contributed by atoms with van der Waals surface area (Å²) in [7, 11) is 0. The molecule has 26 heavy (non-hydrogen) atoms. The first-order valence-corrected chi connectivity index (χ1v) is 10.1. The molecule has 0 fully saturated rings. The van der Waals surface area contributed by atoms with Crippen LogP contribution < -0.4 is 5.32 Å². The van der Waals surface area contributed by atoms with Crippen molar-refractivity contribution in [1.29, 1.82) is 0 Å². The number of pyridine rings is 1. The van der Waals surface area contributed by atoms with Crippen molar-refractivity contribution >= 4 is 52.0 Å². The van der Waals surface area contributed by atoms with Crippen molar-refractivity contribution in [3.63, 3.8) is 0 Å². The van der Waals surface area contributed by atoms with Gasteiger partial charge in [-0.05, 0) is 36.2 Å². The fourth-order valence-electron chi connectivity index (χ4n) is 2.44. The molecule has 0 spiro atoms. The number of benzene rings is 1. The van der Waals surface area contributed by atoms with Crippen molar-refractivity contribution < 1.29 is 4.79 Å². The molecular formula is C18H18Cl2N4OS. The van der Waals surface area contributed by atoms with E-state index in [2.05, 4.69) is 20.3 Å². The van der Waals surface area contributed by atoms with Gasteiger partial charge < -0.3 is 10.3 Å². The summed E-state index contributed by atoms with van der Waals surface area (Å²) in [6.07, 6.45) is 3.31. The molecule has 2 N–H and O–H groups in total. The number of nitrogens with one attached hydrogen (secondary N) is 2. The smallest absolute Gasteiger partial charge is 0.230 e. The van der Waals surface area contributed by atoms with Gasteiger partial charge in [0.2, 0.25) is 5.91 Å². The van der Waals surface area contributed by atoms with Crippen LogP contribution in [0.2, 0.25) is 10.0 Å². The number of carbonyl (C=O) groups excluding carboxylic acids is 1. The fraction of sp³-hybridized carbons (Fsp3) is 0.278. The fourth-order valence-corrected chi connectivity index (χ4v) is 3.86. The molecule has 2 aromatic heterocycles. The average Bonchev–Trinajstić information content (AvgIpc) is 3.03. The van der Waals surface area contributed by atoms with Gasteiger partial charge in [0.1, 0.15) is 5.82 Å². The van der Waals surface area contributed by atoms with E-state index in [1.54, 1.807) is 18.3 Å². The lowest BCUT2D eigenvalue weighted by molar-refractivity contribution is -0.118. The molecule has 3 aromatic rings. The molecule has 0 atom stereocenters. The van der Waals surface area contributed by atoms with Crippen LogP contribution in [-0.4, -0.2) is 33.2 Å². The van der Waals surface area contributed by atoms with Crippen LogP contribution in [0.4, 0.5) is 0 Å². The van der Waals surface area contributed by atoms with Crippen LogP contribution in [0.15, 0.2) is 36.5 Å². The lowest BCUT2D eigenvalue weighted by atomic mass is 10.2. The van der Waals surface area contributed by atoms with Crippen LogP contribution in [0, 0.1) is 0 Å². The van der Waals surface area contributed by atoms with Crippen LogP contribution in [0.25, 0.3) is 11.2 Å². The maximum atomic E-state index is 11.9. The van der Waals surface area contributed by atoms with Gasteiger partial charge in [-0.3, -0.25) is 4.79 Å². The van der Waals surface area contributed by atoms with Crippen molar-refractivity contribution in [2.45, 2.75) is 18.6 Å². The zero-order valence-corrected chi connectivity index (χ0v) is 16.3. The van der Waals surface area contributed by atoms with Gasteiger partial charge in [-0.15, -0.1) is 11.8 Å². The standard InChI is InChI=1S/C18H18Cl2N4OS/c19-13-6-5-12(14(20)9-13)10-26-11-17(25)21-7-2-4-16-23-15-3-1-8-22-18(15)24-16/h1,3,5-6,8-9H,2,4,7,10-11H2,(H,21,25)(H,22,23,24). The zero-order chi connectivity index (χ0) is 18.4. The molecule has 0 saturated heterocycles. The predicted molar refractivity (Wildman–Crippen MR) is 108 cm³/mol. The molecule has 5 nitrogen and oxygen atoms in total. The number of aryl methyl sites for hydroxylation is 1. The minimum Gasteiger partial charge on any atom is -0.355 e. The summed E-state index contributed by atoms with van der Waals surface area (Å²) < 4.78 is 0. The Morgan fingerprint density at radius 1 is 1.27 bits per heavy atom. The number of amides is 1. The highest BCUT2D eigenvalue weighted by Gasteiger charge is 2.06. The summed E-state index contributed by atoms with van der Waals surface area (Å²) >= 11 is 13.5. The first kappa shape index (κ1) is 19.0. The number of hydrogen-bond acceptors (Lipinski definition) is 4. The van der Waals surface area contributed by atoms with E-state index in [1.165, 1.54) is 11.8 Å². The first-order valence-electron chi connectivity index (χ1n) is 8.20. The van der Waals surface area contributed by atoms with Gasteiger partial charge in [-0.2, -0.15) is 0 Å². The Morgan fingerprint density at radius 3 is 2.96 bits per heavy atom. The number of H-pyrrole nitrogens is 1. The second-order valence-corrected chi connectivity index (χ2v) is 7.57. The van der Waals surface area contributed by atoms with Crippen LogP contribution >= 0.6 is 35.0 Å². The molecule has 0 aliphatic carbocycles. The number of halogens is 2. The Labute approximate surface area is 165 Å². The number of thioether (sulfide) groups is 1. The van der Waals surface area contributed by atoms with Crippen molar-refractivity contribution in [3.8, 4) is 0 Å². The summed E-state index contributed by atoms with van der Waals surface area (Å²) in [6, 6.07) is 9.23. The average molecular weight is 409 g/mol. The number of aromatic amines is 1. The van der Waals surface area contributed by atoms with Crippen molar-refractivity contribution in [1.82, 2.24) is 20.3 Å². The van der Waals surface area contributed by atoms with Crippen molar-refractivity contribution in [3.05, 3.63) is 58.0 Å². The normalized spacial score (nSPS) is 11.0.